The van der Waals surface area contributed by atoms with E-state index in [9.17, 15) is 8.42 Å². The molecule has 0 amide bonds. The van der Waals surface area contributed by atoms with Crippen LogP contribution in [0, 0.1) is 13.8 Å². The quantitative estimate of drug-likeness (QED) is 0.683. The first-order valence-electron chi connectivity index (χ1n) is 7.84. The van der Waals surface area contributed by atoms with Gasteiger partial charge in [0.05, 0.1) is 22.0 Å². The fourth-order valence-corrected chi connectivity index (χ4v) is 4.88. The molecule has 0 saturated carbocycles. The highest BCUT2D eigenvalue weighted by Gasteiger charge is 2.21. The fraction of sp³-hybridized carbons (Fsp3) is 0.375. The zero-order chi connectivity index (χ0) is 18.2. The van der Waals surface area contributed by atoms with Crippen molar-refractivity contribution in [3.05, 3.63) is 40.2 Å². The van der Waals surface area contributed by atoms with Crippen molar-refractivity contribution in [2.24, 2.45) is 0 Å². The van der Waals surface area contributed by atoms with Crippen LogP contribution in [0.1, 0.15) is 41.8 Å². The van der Waals surface area contributed by atoms with E-state index in [4.69, 9.17) is 4.52 Å². The maximum atomic E-state index is 12.6. The summed E-state index contributed by atoms with van der Waals surface area (Å²) in [6.07, 6.45) is 0. The van der Waals surface area contributed by atoms with Gasteiger partial charge < -0.3 is 4.52 Å². The molecule has 0 fully saturated rings. The van der Waals surface area contributed by atoms with Crippen molar-refractivity contribution < 1.29 is 12.9 Å². The minimum absolute atomic E-state index is 0.0880. The lowest BCUT2D eigenvalue weighted by Crippen LogP contribution is -2.23. The molecule has 0 unspecified atom stereocenters. The van der Waals surface area contributed by atoms with Gasteiger partial charge in [0.1, 0.15) is 11.5 Å². The zero-order valence-electron chi connectivity index (χ0n) is 14.5. The van der Waals surface area contributed by atoms with E-state index < -0.39 is 10.0 Å². The van der Waals surface area contributed by atoms with Gasteiger partial charge in [-0.2, -0.15) is 5.10 Å². The van der Waals surface area contributed by atoms with Gasteiger partial charge in [0.2, 0.25) is 10.0 Å². The molecule has 0 bridgehead atoms. The van der Waals surface area contributed by atoms with Crippen LogP contribution < -0.4 is 4.72 Å². The highest BCUT2D eigenvalue weighted by molar-refractivity contribution is 7.89. The summed E-state index contributed by atoms with van der Waals surface area (Å²) < 4.78 is 33.0. The summed E-state index contributed by atoms with van der Waals surface area (Å²) >= 11 is 1.40. The normalized spacial score (nSPS) is 12.2. The van der Waals surface area contributed by atoms with Crippen LogP contribution >= 0.6 is 11.3 Å². The minimum Gasteiger partial charge on any atom is -0.361 e. The predicted octanol–water partition coefficient (Wildman–Crippen LogP) is 3.34. The molecule has 0 aliphatic carbocycles. The van der Waals surface area contributed by atoms with E-state index in [-0.39, 0.29) is 17.4 Å². The van der Waals surface area contributed by atoms with Crippen molar-refractivity contribution in [1.82, 2.24) is 20.1 Å². The number of hydrogen-bond donors (Lipinski definition) is 2. The second kappa shape index (κ2) is 6.74. The molecule has 134 valence electrons. The summed E-state index contributed by atoms with van der Waals surface area (Å²) in [6.45, 7) is 7.75. The lowest BCUT2D eigenvalue weighted by Gasteiger charge is -2.03. The number of hydrogen-bond acceptors (Lipinski definition) is 6. The molecule has 9 heteroatoms. The number of aryl methyl sites for hydroxylation is 2. The Hall–Kier alpha value is -1.97. The summed E-state index contributed by atoms with van der Waals surface area (Å²) in [5.41, 5.74) is 2.23. The lowest BCUT2D eigenvalue weighted by molar-refractivity contribution is 0.365. The smallest absolute Gasteiger partial charge is 0.242 e. The van der Waals surface area contributed by atoms with Gasteiger partial charge in [-0.25, -0.2) is 13.1 Å². The molecule has 0 radical (unpaired) electrons. The van der Waals surface area contributed by atoms with E-state index in [1.807, 2.05) is 26.8 Å². The average molecular weight is 380 g/mol. The van der Waals surface area contributed by atoms with Crippen molar-refractivity contribution >= 4 is 21.4 Å². The lowest BCUT2D eigenvalue weighted by atomic mass is 10.1. The van der Waals surface area contributed by atoms with E-state index in [2.05, 4.69) is 20.1 Å². The maximum Gasteiger partial charge on any atom is 0.242 e. The van der Waals surface area contributed by atoms with Crippen molar-refractivity contribution in [1.29, 1.82) is 0 Å². The third-order valence-electron chi connectivity index (χ3n) is 3.71. The minimum atomic E-state index is -3.64. The van der Waals surface area contributed by atoms with Crippen LogP contribution in [-0.4, -0.2) is 23.8 Å². The van der Waals surface area contributed by atoms with Gasteiger partial charge in [0.15, 0.2) is 0 Å². The molecule has 0 spiro atoms. The number of rotatable bonds is 6. The molecule has 3 aromatic heterocycles. The van der Waals surface area contributed by atoms with Crippen LogP contribution in [-0.2, 0) is 16.6 Å². The largest absolute Gasteiger partial charge is 0.361 e. The molecule has 25 heavy (non-hydrogen) atoms. The molecule has 2 N–H and O–H groups in total. The standard InChI is InChI=1S/C16H20N4O3S2/c1-9(2)14-6-12(20-23-14)8-17-25(21,22)16-7-15(24-11(16)4)13-5-10(3)18-19-13/h5-7,9,17H,8H2,1-4H3,(H,18,19). The SMILES string of the molecule is Cc1cc(-c2cc(S(=O)(=O)NCc3cc(C(C)C)on3)c(C)s2)n[nH]1. The molecule has 0 aliphatic rings. The van der Waals surface area contributed by atoms with E-state index in [0.29, 0.717) is 10.6 Å². The first kappa shape index (κ1) is 17.8. The molecular formula is C16H20N4O3S2. The summed E-state index contributed by atoms with van der Waals surface area (Å²) in [5.74, 6) is 0.939. The number of sulfonamides is 1. The number of aromatic amines is 1. The number of aromatic nitrogens is 3. The van der Waals surface area contributed by atoms with E-state index >= 15 is 0 Å². The van der Waals surface area contributed by atoms with Crippen LogP contribution in [0.4, 0.5) is 0 Å². The first-order chi connectivity index (χ1) is 11.8. The molecule has 3 aromatic rings. The van der Waals surface area contributed by atoms with Gasteiger partial charge in [-0.3, -0.25) is 5.10 Å². The van der Waals surface area contributed by atoms with Gasteiger partial charge in [-0.15, -0.1) is 11.3 Å². The van der Waals surface area contributed by atoms with Crippen LogP contribution in [0.5, 0.6) is 0 Å². The fourth-order valence-electron chi connectivity index (χ4n) is 2.33. The topological polar surface area (TPSA) is 101 Å². The molecular weight excluding hydrogens is 360 g/mol. The highest BCUT2D eigenvalue weighted by Crippen LogP contribution is 2.32. The van der Waals surface area contributed by atoms with Gasteiger partial charge in [-0.1, -0.05) is 19.0 Å². The average Bonchev–Trinajstić information content (AvgIpc) is 3.24. The number of nitrogens with zero attached hydrogens (tertiary/aromatic N) is 2. The Morgan fingerprint density at radius 3 is 2.64 bits per heavy atom. The number of thiophene rings is 1. The Kier molecular flexibility index (Phi) is 4.81. The Labute approximate surface area is 150 Å². The molecule has 3 heterocycles. The van der Waals surface area contributed by atoms with Gasteiger partial charge in [-0.05, 0) is 26.0 Å². The predicted molar refractivity (Wildman–Crippen MR) is 96.0 cm³/mol. The molecule has 0 atom stereocenters. The highest BCUT2D eigenvalue weighted by atomic mass is 32.2. The van der Waals surface area contributed by atoms with E-state index in [1.54, 1.807) is 19.1 Å². The summed E-state index contributed by atoms with van der Waals surface area (Å²) in [5, 5.41) is 10.9. The summed E-state index contributed by atoms with van der Waals surface area (Å²) in [4.78, 5) is 1.79. The molecule has 0 saturated heterocycles. The molecule has 0 aromatic carbocycles. The summed E-state index contributed by atoms with van der Waals surface area (Å²) in [7, 11) is -3.64. The van der Waals surface area contributed by atoms with Crippen LogP contribution in [0.2, 0.25) is 0 Å². The Balaban J connectivity index is 1.78. The van der Waals surface area contributed by atoms with Crippen LogP contribution in [0.3, 0.4) is 0 Å². The second-order valence-corrected chi connectivity index (χ2v) is 9.16. The Morgan fingerprint density at radius 1 is 1.28 bits per heavy atom. The molecule has 7 nitrogen and oxygen atoms in total. The zero-order valence-corrected chi connectivity index (χ0v) is 16.1. The Morgan fingerprint density at radius 2 is 2.04 bits per heavy atom. The van der Waals surface area contributed by atoms with Crippen molar-refractivity contribution in [2.75, 3.05) is 0 Å². The number of nitrogens with one attached hydrogen (secondary N) is 2. The van der Waals surface area contributed by atoms with Gasteiger partial charge >= 0.3 is 0 Å². The van der Waals surface area contributed by atoms with Gasteiger partial charge in [0.25, 0.3) is 0 Å². The van der Waals surface area contributed by atoms with Crippen molar-refractivity contribution in [2.45, 2.75) is 45.1 Å². The first-order valence-corrected chi connectivity index (χ1v) is 10.1. The monoisotopic (exact) mass is 380 g/mol. The van der Waals surface area contributed by atoms with Crippen LogP contribution in [0.15, 0.2) is 27.6 Å². The van der Waals surface area contributed by atoms with Crippen molar-refractivity contribution in [3.63, 3.8) is 0 Å². The maximum absolute atomic E-state index is 12.6. The number of H-pyrrole nitrogens is 1. The van der Waals surface area contributed by atoms with Gasteiger partial charge in [0, 0.05) is 22.6 Å². The van der Waals surface area contributed by atoms with E-state index in [1.165, 1.54) is 11.3 Å². The third-order valence-corrected chi connectivity index (χ3v) is 6.44. The van der Waals surface area contributed by atoms with Crippen molar-refractivity contribution in [3.8, 4) is 10.6 Å². The third kappa shape index (κ3) is 3.83. The van der Waals surface area contributed by atoms with E-state index in [0.717, 1.165) is 22.0 Å². The summed E-state index contributed by atoms with van der Waals surface area (Å²) in [6, 6.07) is 5.31. The molecule has 0 aliphatic heterocycles. The Bertz CT molecular complexity index is 983. The van der Waals surface area contributed by atoms with Crippen LogP contribution in [0.25, 0.3) is 10.6 Å². The second-order valence-electron chi connectivity index (χ2n) is 6.17. The molecule has 3 rings (SSSR count).